The third-order valence-electron chi connectivity index (χ3n) is 5.26. The van der Waals surface area contributed by atoms with E-state index in [9.17, 15) is 18.0 Å². The van der Waals surface area contributed by atoms with Crippen molar-refractivity contribution >= 4 is 40.8 Å². The van der Waals surface area contributed by atoms with E-state index >= 15 is 0 Å². The van der Waals surface area contributed by atoms with E-state index in [1.165, 1.54) is 25.4 Å². The van der Waals surface area contributed by atoms with Crippen molar-refractivity contribution in [1.29, 1.82) is 0 Å². The summed E-state index contributed by atoms with van der Waals surface area (Å²) in [5, 5.41) is 5.79. The predicted octanol–water partition coefficient (Wildman–Crippen LogP) is 5.29. The average molecular weight is 507 g/mol. The van der Waals surface area contributed by atoms with Crippen LogP contribution in [0.2, 0.25) is 5.02 Å². The molecule has 1 saturated heterocycles. The second-order valence-electron chi connectivity index (χ2n) is 7.94. The minimum atomic E-state index is -4.56. The van der Waals surface area contributed by atoms with Crippen LogP contribution in [0.15, 0.2) is 48.8 Å². The predicted molar refractivity (Wildman–Crippen MR) is 126 cm³/mol. The number of halogens is 4. The van der Waals surface area contributed by atoms with E-state index in [2.05, 4.69) is 25.6 Å². The molecule has 0 bridgehead atoms. The van der Waals surface area contributed by atoms with E-state index in [1.54, 1.807) is 18.2 Å². The number of hydrogen-bond acceptors (Lipinski definition) is 7. The number of piperidine rings is 1. The van der Waals surface area contributed by atoms with Crippen LogP contribution in [0.4, 0.5) is 36.4 Å². The monoisotopic (exact) mass is 506 g/mol. The molecule has 1 aromatic heterocycles. The van der Waals surface area contributed by atoms with Gasteiger partial charge in [0, 0.05) is 49.3 Å². The summed E-state index contributed by atoms with van der Waals surface area (Å²) in [4.78, 5) is 26.0. The number of carbonyl (C=O) groups is 1. The highest BCUT2D eigenvalue weighted by Crippen LogP contribution is 2.38. The molecule has 0 unspecified atom stereocenters. The van der Waals surface area contributed by atoms with Crippen LogP contribution >= 0.6 is 11.6 Å². The van der Waals surface area contributed by atoms with Crippen molar-refractivity contribution in [2.45, 2.75) is 32.0 Å². The van der Waals surface area contributed by atoms with E-state index < -0.39 is 11.7 Å². The zero-order chi connectivity index (χ0) is 25.0. The maximum absolute atomic E-state index is 13.3. The number of nitrogens with one attached hydrogen (secondary N) is 2. The SMILES string of the molecule is CC(=O)Nc1cccc(Nc2ncnc(N3CCC(Oc4ccc(Cl)cc4C(F)(F)F)CC3)n2)c1. The van der Waals surface area contributed by atoms with Crippen LogP contribution in [0.1, 0.15) is 25.3 Å². The lowest BCUT2D eigenvalue weighted by Gasteiger charge is -2.32. The lowest BCUT2D eigenvalue weighted by molar-refractivity contribution is -0.139. The highest BCUT2D eigenvalue weighted by molar-refractivity contribution is 6.30. The lowest BCUT2D eigenvalue weighted by Crippen LogP contribution is -2.39. The highest BCUT2D eigenvalue weighted by atomic mass is 35.5. The molecule has 12 heteroatoms. The summed E-state index contributed by atoms with van der Waals surface area (Å²) in [5.41, 5.74) is 0.431. The van der Waals surface area contributed by atoms with Gasteiger partial charge in [-0.3, -0.25) is 4.79 Å². The number of anilines is 4. The Bertz CT molecular complexity index is 1200. The summed E-state index contributed by atoms with van der Waals surface area (Å²) in [6.45, 7) is 2.43. The van der Waals surface area contributed by atoms with Crippen molar-refractivity contribution in [3.8, 4) is 5.75 Å². The summed E-state index contributed by atoms with van der Waals surface area (Å²) in [7, 11) is 0. The van der Waals surface area contributed by atoms with Crippen molar-refractivity contribution in [2.24, 2.45) is 0 Å². The van der Waals surface area contributed by atoms with Gasteiger partial charge in [-0.05, 0) is 36.4 Å². The summed E-state index contributed by atoms with van der Waals surface area (Å²) in [6.07, 6.45) is -2.57. The van der Waals surface area contributed by atoms with E-state index in [0.717, 1.165) is 6.07 Å². The van der Waals surface area contributed by atoms with Gasteiger partial charge in [0.1, 0.15) is 18.2 Å². The third kappa shape index (κ3) is 6.50. The average Bonchev–Trinajstić information content (AvgIpc) is 2.80. The number of carbonyl (C=O) groups excluding carboxylic acids is 1. The van der Waals surface area contributed by atoms with Crippen molar-refractivity contribution in [3.05, 3.63) is 59.4 Å². The second kappa shape index (κ2) is 10.3. The maximum Gasteiger partial charge on any atom is 0.420 e. The van der Waals surface area contributed by atoms with Crippen molar-refractivity contribution in [3.63, 3.8) is 0 Å². The Morgan fingerprint density at radius 2 is 1.86 bits per heavy atom. The number of rotatable bonds is 6. The molecule has 1 fully saturated rings. The molecule has 2 aromatic carbocycles. The zero-order valence-corrected chi connectivity index (χ0v) is 19.4. The van der Waals surface area contributed by atoms with Gasteiger partial charge in [-0.25, -0.2) is 9.97 Å². The zero-order valence-electron chi connectivity index (χ0n) is 18.6. The Hall–Kier alpha value is -3.60. The van der Waals surface area contributed by atoms with Gasteiger partial charge in [-0.15, -0.1) is 0 Å². The first-order valence-electron chi connectivity index (χ1n) is 10.8. The molecule has 3 aromatic rings. The first-order chi connectivity index (χ1) is 16.7. The van der Waals surface area contributed by atoms with Gasteiger partial charge in [0.05, 0.1) is 5.56 Å². The van der Waals surface area contributed by atoms with E-state index in [0.29, 0.717) is 49.2 Å². The van der Waals surface area contributed by atoms with Crippen LogP contribution in [-0.4, -0.2) is 40.1 Å². The smallest absolute Gasteiger partial charge is 0.420 e. The molecular weight excluding hydrogens is 485 g/mol. The van der Waals surface area contributed by atoms with Gasteiger partial charge in [0.2, 0.25) is 17.8 Å². The minimum absolute atomic E-state index is 0.000542. The Labute approximate surface area is 204 Å². The molecule has 1 aliphatic rings. The van der Waals surface area contributed by atoms with Crippen LogP contribution in [0, 0.1) is 0 Å². The number of nitrogens with zero attached hydrogens (tertiary/aromatic N) is 4. The molecule has 0 atom stereocenters. The number of aromatic nitrogens is 3. The van der Waals surface area contributed by atoms with Crippen molar-refractivity contribution in [2.75, 3.05) is 28.6 Å². The topological polar surface area (TPSA) is 92.3 Å². The van der Waals surface area contributed by atoms with E-state index in [-0.39, 0.29) is 22.8 Å². The molecule has 184 valence electrons. The number of alkyl halides is 3. The fraction of sp³-hybridized carbons (Fsp3) is 0.304. The Kier molecular flexibility index (Phi) is 7.25. The molecule has 0 saturated carbocycles. The Balaban J connectivity index is 1.38. The standard InChI is InChI=1S/C23H22ClF3N6O2/c1-14(34)30-16-3-2-4-17(12-16)31-21-28-13-29-22(32-21)33-9-7-18(8-10-33)35-20-6-5-15(24)11-19(20)23(25,26)27/h2-6,11-13,18H,7-10H2,1H3,(H,30,34)(H,28,29,31,32). The summed E-state index contributed by atoms with van der Waals surface area (Å²) in [5.74, 6) is 0.363. The van der Waals surface area contributed by atoms with Crippen LogP contribution in [0.5, 0.6) is 5.75 Å². The highest BCUT2D eigenvalue weighted by Gasteiger charge is 2.35. The Morgan fingerprint density at radius 1 is 1.11 bits per heavy atom. The normalized spacial score (nSPS) is 14.5. The fourth-order valence-electron chi connectivity index (χ4n) is 3.69. The largest absolute Gasteiger partial charge is 0.490 e. The molecule has 2 heterocycles. The van der Waals surface area contributed by atoms with Gasteiger partial charge in [-0.1, -0.05) is 17.7 Å². The van der Waals surface area contributed by atoms with Gasteiger partial charge >= 0.3 is 6.18 Å². The second-order valence-corrected chi connectivity index (χ2v) is 8.38. The first-order valence-corrected chi connectivity index (χ1v) is 11.2. The third-order valence-corrected chi connectivity index (χ3v) is 5.50. The van der Waals surface area contributed by atoms with Crippen molar-refractivity contribution in [1.82, 2.24) is 15.0 Å². The lowest BCUT2D eigenvalue weighted by atomic mass is 10.1. The van der Waals surface area contributed by atoms with E-state index in [1.807, 2.05) is 11.0 Å². The van der Waals surface area contributed by atoms with Crippen LogP contribution in [-0.2, 0) is 11.0 Å². The van der Waals surface area contributed by atoms with Gasteiger partial charge < -0.3 is 20.3 Å². The molecule has 1 amide bonds. The molecule has 35 heavy (non-hydrogen) atoms. The summed E-state index contributed by atoms with van der Waals surface area (Å²) in [6, 6.07) is 10.6. The number of ether oxygens (including phenoxy) is 1. The minimum Gasteiger partial charge on any atom is -0.490 e. The van der Waals surface area contributed by atoms with Crippen LogP contribution in [0.3, 0.4) is 0 Å². The summed E-state index contributed by atoms with van der Waals surface area (Å²) < 4.78 is 45.7. The fourth-order valence-corrected chi connectivity index (χ4v) is 3.86. The van der Waals surface area contributed by atoms with Gasteiger partial charge in [-0.2, -0.15) is 18.2 Å². The van der Waals surface area contributed by atoms with E-state index in [4.69, 9.17) is 16.3 Å². The number of benzene rings is 2. The first kappa shape index (κ1) is 24.5. The van der Waals surface area contributed by atoms with Crippen molar-refractivity contribution < 1.29 is 22.7 Å². The molecular formula is C23H22ClF3N6O2. The van der Waals surface area contributed by atoms with Gasteiger partial charge in [0.25, 0.3) is 0 Å². The van der Waals surface area contributed by atoms with Gasteiger partial charge in [0.15, 0.2) is 0 Å². The number of hydrogen-bond donors (Lipinski definition) is 2. The van der Waals surface area contributed by atoms with Crippen LogP contribution in [0.25, 0.3) is 0 Å². The molecule has 1 aliphatic heterocycles. The molecule has 0 aliphatic carbocycles. The molecule has 2 N–H and O–H groups in total. The summed E-state index contributed by atoms with van der Waals surface area (Å²) >= 11 is 5.74. The van der Waals surface area contributed by atoms with Crippen LogP contribution < -0.4 is 20.3 Å². The quantitative estimate of drug-likeness (QED) is 0.469. The molecule has 0 radical (unpaired) electrons. The molecule has 0 spiro atoms. The molecule has 4 rings (SSSR count). The Morgan fingerprint density at radius 3 is 2.57 bits per heavy atom. The number of amides is 1. The maximum atomic E-state index is 13.3. The molecule has 8 nitrogen and oxygen atoms in total.